The van der Waals surface area contributed by atoms with Crippen LogP contribution in [0.25, 0.3) is 0 Å². The molecule has 0 amide bonds. The van der Waals surface area contributed by atoms with E-state index in [0.29, 0.717) is 6.61 Å². The number of benzene rings is 1. The van der Waals surface area contributed by atoms with Gasteiger partial charge in [-0.2, -0.15) is 0 Å². The Morgan fingerprint density at radius 1 is 1.53 bits per heavy atom. The van der Waals surface area contributed by atoms with Crippen LogP contribution >= 0.6 is 0 Å². The van der Waals surface area contributed by atoms with E-state index in [-0.39, 0.29) is 0 Å². The predicted molar refractivity (Wildman–Crippen MR) is 59.4 cm³/mol. The second kappa shape index (κ2) is 4.45. The summed E-state index contributed by atoms with van der Waals surface area (Å²) in [5.74, 6) is -0.393. The average Bonchev–Trinajstić information content (AvgIpc) is 2.18. The van der Waals surface area contributed by atoms with E-state index >= 15 is 0 Å². The third kappa shape index (κ3) is 2.57. The first-order valence-electron chi connectivity index (χ1n) is 5.01. The van der Waals surface area contributed by atoms with Crippen LogP contribution in [-0.4, -0.2) is 12.6 Å². The van der Waals surface area contributed by atoms with Crippen molar-refractivity contribution in [2.24, 2.45) is 5.73 Å². The minimum absolute atomic E-state index is 0.345. The van der Waals surface area contributed by atoms with Crippen molar-refractivity contribution < 1.29 is 9.53 Å². The summed E-state index contributed by atoms with van der Waals surface area (Å²) in [5.41, 5.74) is 6.75. The van der Waals surface area contributed by atoms with Crippen molar-refractivity contribution in [3.8, 4) is 0 Å². The van der Waals surface area contributed by atoms with E-state index in [1.165, 1.54) is 0 Å². The Hall–Kier alpha value is -1.35. The number of aryl methyl sites for hydroxylation is 1. The Morgan fingerprint density at radius 3 is 2.73 bits per heavy atom. The number of hydrogen-bond acceptors (Lipinski definition) is 3. The Bertz CT molecular complexity index is 358. The SMILES string of the molecule is CCOC(=O)C(C)(N)c1cccc(C)c1. The maximum Gasteiger partial charge on any atom is 0.330 e. The van der Waals surface area contributed by atoms with E-state index in [9.17, 15) is 4.79 Å². The van der Waals surface area contributed by atoms with Crippen molar-refractivity contribution in [1.29, 1.82) is 0 Å². The smallest absolute Gasteiger partial charge is 0.330 e. The highest BCUT2D eigenvalue weighted by molar-refractivity contribution is 5.81. The molecule has 0 aliphatic heterocycles. The van der Waals surface area contributed by atoms with Crippen LogP contribution in [0, 0.1) is 6.92 Å². The predicted octanol–water partition coefficient (Wildman–Crippen LogP) is 1.73. The normalized spacial score (nSPS) is 14.4. The van der Waals surface area contributed by atoms with E-state index in [4.69, 9.17) is 10.5 Å². The summed E-state index contributed by atoms with van der Waals surface area (Å²) in [7, 11) is 0. The van der Waals surface area contributed by atoms with Crippen LogP contribution in [0.4, 0.5) is 0 Å². The van der Waals surface area contributed by atoms with Crippen LogP contribution in [-0.2, 0) is 15.1 Å². The van der Waals surface area contributed by atoms with Crippen molar-refractivity contribution in [2.45, 2.75) is 26.3 Å². The van der Waals surface area contributed by atoms with Gasteiger partial charge < -0.3 is 10.5 Å². The lowest BCUT2D eigenvalue weighted by atomic mass is 9.92. The van der Waals surface area contributed by atoms with Gasteiger partial charge in [-0.15, -0.1) is 0 Å². The topological polar surface area (TPSA) is 52.3 Å². The Balaban J connectivity index is 2.99. The summed E-state index contributed by atoms with van der Waals surface area (Å²) in [5, 5.41) is 0. The van der Waals surface area contributed by atoms with Crippen molar-refractivity contribution in [2.75, 3.05) is 6.61 Å². The van der Waals surface area contributed by atoms with Gasteiger partial charge in [-0.25, -0.2) is 4.79 Å². The van der Waals surface area contributed by atoms with Crippen molar-refractivity contribution in [3.63, 3.8) is 0 Å². The number of nitrogens with two attached hydrogens (primary N) is 1. The third-order valence-corrected chi connectivity index (χ3v) is 2.32. The van der Waals surface area contributed by atoms with Crippen LogP contribution in [0.15, 0.2) is 24.3 Å². The summed E-state index contributed by atoms with van der Waals surface area (Å²) in [4.78, 5) is 11.6. The molecule has 2 N–H and O–H groups in total. The Morgan fingerprint density at radius 2 is 2.20 bits per heavy atom. The quantitative estimate of drug-likeness (QED) is 0.768. The first-order chi connectivity index (χ1) is 6.98. The zero-order chi connectivity index (χ0) is 11.5. The van der Waals surface area contributed by atoms with Crippen LogP contribution < -0.4 is 5.73 Å². The van der Waals surface area contributed by atoms with E-state index in [0.717, 1.165) is 11.1 Å². The number of carbonyl (C=O) groups is 1. The molecular formula is C12H17NO2. The maximum atomic E-state index is 11.6. The molecule has 1 atom stereocenters. The van der Waals surface area contributed by atoms with Crippen LogP contribution in [0.1, 0.15) is 25.0 Å². The average molecular weight is 207 g/mol. The lowest BCUT2D eigenvalue weighted by Crippen LogP contribution is -2.43. The van der Waals surface area contributed by atoms with Gasteiger partial charge in [0.05, 0.1) is 6.61 Å². The fraction of sp³-hybridized carbons (Fsp3) is 0.417. The summed E-state index contributed by atoms with van der Waals surface area (Å²) in [6.45, 7) is 5.74. The number of hydrogen-bond donors (Lipinski definition) is 1. The second-order valence-electron chi connectivity index (χ2n) is 3.79. The molecule has 15 heavy (non-hydrogen) atoms. The lowest BCUT2D eigenvalue weighted by molar-refractivity contribution is -0.149. The highest BCUT2D eigenvalue weighted by Gasteiger charge is 2.31. The van der Waals surface area contributed by atoms with Gasteiger partial charge in [-0.3, -0.25) is 0 Å². The van der Waals surface area contributed by atoms with Gasteiger partial charge in [0.1, 0.15) is 5.54 Å². The van der Waals surface area contributed by atoms with Crippen LogP contribution in [0.3, 0.4) is 0 Å². The number of rotatable bonds is 3. The summed E-state index contributed by atoms with van der Waals surface area (Å²) in [6.07, 6.45) is 0. The van der Waals surface area contributed by atoms with E-state index in [2.05, 4.69) is 0 Å². The molecule has 0 saturated heterocycles. The molecule has 1 aromatic carbocycles. The molecule has 3 nitrogen and oxygen atoms in total. The van der Waals surface area contributed by atoms with Gasteiger partial charge in [0.25, 0.3) is 0 Å². The number of carbonyl (C=O) groups excluding carboxylic acids is 1. The first kappa shape index (κ1) is 11.7. The Kier molecular flexibility index (Phi) is 3.48. The van der Waals surface area contributed by atoms with Crippen LogP contribution in [0.2, 0.25) is 0 Å². The van der Waals surface area contributed by atoms with Crippen molar-refractivity contribution in [3.05, 3.63) is 35.4 Å². The maximum absolute atomic E-state index is 11.6. The molecule has 82 valence electrons. The van der Waals surface area contributed by atoms with Crippen molar-refractivity contribution in [1.82, 2.24) is 0 Å². The van der Waals surface area contributed by atoms with Gasteiger partial charge >= 0.3 is 5.97 Å². The molecular weight excluding hydrogens is 190 g/mol. The molecule has 1 unspecified atom stereocenters. The standard InChI is InChI=1S/C12H17NO2/c1-4-15-11(14)12(3,13)10-7-5-6-9(2)8-10/h5-8H,4,13H2,1-3H3. The molecule has 0 bridgehead atoms. The molecule has 0 fully saturated rings. The molecule has 1 rings (SSSR count). The summed E-state index contributed by atoms with van der Waals surface area (Å²) in [6, 6.07) is 7.58. The summed E-state index contributed by atoms with van der Waals surface area (Å²) >= 11 is 0. The van der Waals surface area contributed by atoms with Gasteiger partial charge in [0, 0.05) is 0 Å². The van der Waals surface area contributed by atoms with Gasteiger partial charge in [0.2, 0.25) is 0 Å². The molecule has 1 aromatic rings. The van der Waals surface area contributed by atoms with E-state index in [1.807, 2.05) is 31.2 Å². The second-order valence-corrected chi connectivity index (χ2v) is 3.79. The molecule has 0 aliphatic carbocycles. The molecule has 0 heterocycles. The van der Waals surface area contributed by atoms with E-state index < -0.39 is 11.5 Å². The first-order valence-corrected chi connectivity index (χ1v) is 5.01. The lowest BCUT2D eigenvalue weighted by Gasteiger charge is -2.22. The molecule has 0 aliphatic rings. The minimum atomic E-state index is -1.07. The largest absolute Gasteiger partial charge is 0.464 e. The zero-order valence-electron chi connectivity index (χ0n) is 9.41. The fourth-order valence-electron chi connectivity index (χ4n) is 1.37. The zero-order valence-corrected chi connectivity index (χ0v) is 9.41. The van der Waals surface area contributed by atoms with Gasteiger partial charge in [-0.05, 0) is 26.3 Å². The van der Waals surface area contributed by atoms with Crippen molar-refractivity contribution >= 4 is 5.97 Å². The van der Waals surface area contributed by atoms with Crippen LogP contribution in [0.5, 0.6) is 0 Å². The highest BCUT2D eigenvalue weighted by atomic mass is 16.5. The minimum Gasteiger partial charge on any atom is -0.464 e. The summed E-state index contributed by atoms with van der Waals surface area (Å²) < 4.78 is 4.94. The monoisotopic (exact) mass is 207 g/mol. The van der Waals surface area contributed by atoms with E-state index in [1.54, 1.807) is 13.8 Å². The number of ether oxygens (including phenoxy) is 1. The highest BCUT2D eigenvalue weighted by Crippen LogP contribution is 2.20. The van der Waals surface area contributed by atoms with Gasteiger partial charge in [-0.1, -0.05) is 29.8 Å². The molecule has 0 saturated carbocycles. The molecule has 0 spiro atoms. The van der Waals surface area contributed by atoms with Gasteiger partial charge in [0.15, 0.2) is 0 Å². The molecule has 3 heteroatoms. The molecule has 0 aromatic heterocycles. The fourth-order valence-corrected chi connectivity index (χ4v) is 1.37. The Labute approximate surface area is 90.2 Å². The molecule has 0 radical (unpaired) electrons. The number of esters is 1. The third-order valence-electron chi connectivity index (χ3n) is 2.32.